The van der Waals surface area contributed by atoms with Crippen LogP contribution in [-0.2, 0) is 13.6 Å². The third-order valence-electron chi connectivity index (χ3n) is 1.95. The van der Waals surface area contributed by atoms with Crippen LogP contribution in [0.4, 0.5) is 0 Å². The normalized spacial score (nSPS) is 10.7. The van der Waals surface area contributed by atoms with E-state index in [2.05, 4.69) is 20.4 Å². The van der Waals surface area contributed by atoms with Crippen molar-refractivity contribution >= 4 is 0 Å². The average Bonchev–Trinajstić information content (AvgIpc) is 2.74. The standard InChI is InChI=1S/C9H13N5/c1-10-5-7-6-11-9(12-7)8-3-4-14(2)13-8/h3-4,6,10H,5H2,1-2H3,(H,11,12). The zero-order chi connectivity index (χ0) is 9.97. The van der Waals surface area contributed by atoms with Gasteiger partial charge in [-0.25, -0.2) is 4.98 Å². The number of aromatic nitrogens is 4. The monoisotopic (exact) mass is 191 g/mol. The lowest BCUT2D eigenvalue weighted by Crippen LogP contribution is -2.04. The lowest BCUT2D eigenvalue weighted by molar-refractivity contribution is 0.768. The molecule has 0 fully saturated rings. The Bertz CT molecular complexity index is 414. The third-order valence-corrected chi connectivity index (χ3v) is 1.95. The first-order chi connectivity index (χ1) is 6.79. The summed E-state index contributed by atoms with van der Waals surface area (Å²) in [6.07, 6.45) is 3.72. The van der Waals surface area contributed by atoms with Gasteiger partial charge in [0.05, 0.1) is 6.20 Å². The smallest absolute Gasteiger partial charge is 0.158 e. The van der Waals surface area contributed by atoms with Gasteiger partial charge in [-0.2, -0.15) is 5.10 Å². The highest BCUT2D eigenvalue weighted by molar-refractivity contribution is 5.48. The number of aromatic amines is 1. The van der Waals surface area contributed by atoms with Gasteiger partial charge in [-0.3, -0.25) is 4.68 Å². The van der Waals surface area contributed by atoms with E-state index in [-0.39, 0.29) is 0 Å². The molecule has 2 heterocycles. The highest BCUT2D eigenvalue weighted by Crippen LogP contribution is 2.11. The lowest BCUT2D eigenvalue weighted by Gasteiger charge is -1.92. The van der Waals surface area contributed by atoms with Gasteiger partial charge >= 0.3 is 0 Å². The molecule has 0 amide bonds. The first-order valence-electron chi connectivity index (χ1n) is 4.48. The van der Waals surface area contributed by atoms with Gasteiger partial charge in [0.25, 0.3) is 0 Å². The SMILES string of the molecule is CNCc1cnc(-c2ccn(C)n2)[nH]1. The molecule has 0 unspecified atom stereocenters. The predicted molar refractivity (Wildman–Crippen MR) is 53.6 cm³/mol. The molecule has 0 atom stereocenters. The molecular formula is C9H13N5. The molecule has 0 spiro atoms. The molecule has 0 aliphatic heterocycles. The van der Waals surface area contributed by atoms with E-state index in [1.807, 2.05) is 32.6 Å². The molecule has 0 aromatic carbocycles. The second kappa shape index (κ2) is 3.63. The van der Waals surface area contributed by atoms with E-state index in [1.165, 1.54) is 0 Å². The summed E-state index contributed by atoms with van der Waals surface area (Å²) < 4.78 is 1.76. The van der Waals surface area contributed by atoms with E-state index in [0.717, 1.165) is 23.8 Å². The molecule has 74 valence electrons. The van der Waals surface area contributed by atoms with E-state index in [4.69, 9.17) is 0 Å². The molecule has 0 radical (unpaired) electrons. The van der Waals surface area contributed by atoms with Gasteiger partial charge in [-0.05, 0) is 13.1 Å². The van der Waals surface area contributed by atoms with Gasteiger partial charge in [0, 0.05) is 25.5 Å². The van der Waals surface area contributed by atoms with Crippen LogP contribution >= 0.6 is 0 Å². The molecule has 2 N–H and O–H groups in total. The number of imidazole rings is 1. The Kier molecular flexibility index (Phi) is 2.32. The zero-order valence-electron chi connectivity index (χ0n) is 8.28. The Morgan fingerprint density at radius 2 is 2.43 bits per heavy atom. The molecular weight excluding hydrogens is 178 g/mol. The van der Waals surface area contributed by atoms with Crippen molar-refractivity contribution < 1.29 is 0 Å². The van der Waals surface area contributed by atoms with Crippen LogP contribution in [0.1, 0.15) is 5.69 Å². The van der Waals surface area contributed by atoms with Crippen LogP contribution in [0.2, 0.25) is 0 Å². The molecule has 2 rings (SSSR count). The van der Waals surface area contributed by atoms with Gasteiger partial charge in [0.1, 0.15) is 5.69 Å². The Morgan fingerprint density at radius 1 is 1.57 bits per heavy atom. The second-order valence-electron chi connectivity index (χ2n) is 3.16. The zero-order valence-corrected chi connectivity index (χ0v) is 8.28. The lowest BCUT2D eigenvalue weighted by atomic mass is 10.4. The quantitative estimate of drug-likeness (QED) is 0.744. The number of hydrogen-bond acceptors (Lipinski definition) is 3. The highest BCUT2D eigenvalue weighted by atomic mass is 15.3. The van der Waals surface area contributed by atoms with Gasteiger partial charge < -0.3 is 10.3 Å². The molecule has 5 heteroatoms. The summed E-state index contributed by atoms with van der Waals surface area (Å²) in [5, 5.41) is 7.31. The maximum absolute atomic E-state index is 4.26. The van der Waals surface area contributed by atoms with Crippen LogP contribution in [0.3, 0.4) is 0 Å². The van der Waals surface area contributed by atoms with Gasteiger partial charge in [-0.15, -0.1) is 0 Å². The molecule has 5 nitrogen and oxygen atoms in total. The van der Waals surface area contributed by atoms with E-state index < -0.39 is 0 Å². The molecule has 0 saturated heterocycles. The summed E-state index contributed by atoms with van der Waals surface area (Å²) in [7, 11) is 3.79. The topological polar surface area (TPSA) is 58.5 Å². The van der Waals surface area contributed by atoms with Crippen molar-refractivity contribution in [1.82, 2.24) is 25.1 Å². The first kappa shape index (κ1) is 8.96. The van der Waals surface area contributed by atoms with Crippen molar-refractivity contribution in [3.05, 3.63) is 24.2 Å². The van der Waals surface area contributed by atoms with Crippen LogP contribution < -0.4 is 5.32 Å². The molecule has 14 heavy (non-hydrogen) atoms. The first-order valence-corrected chi connectivity index (χ1v) is 4.48. The largest absolute Gasteiger partial charge is 0.339 e. The number of aryl methyl sites for hydroxylation is 1. The Balaban J connectivity index is 2.24. The summed E-state index contributed by atoms with van der Waals surface area (Å²) in [5.74, 6) is 0.816. The van der Waals surface area contributed by atoms with Crippen molar-refractivity contribution in [2.45, 2.75) is 6.54 Å². The Hall–Kier alpha value is -1.62. The minimum atomic E-state index is 0.792. The van der Waals surface area contributed by atoms with Crippen molar-refractivity contribution in [3.63, 3.8) is 0 Å². The number of nitrogens with one attached hydrogen (secondary N) is 2. The van der Waals surface area contributed by atoms with Crippen molar-refractivity contribution in [1.29, 1.82) is 0 Å². The fourth-order valence-corrected chi connectivity index (χ4v) is 1.31. The highest BCUT2D eigenvalue weighted by Gasteiger charge is 2.04. The number of rotatable bonds is 3. The van der Waals surface area contributed by atoms with Gasteiger partial charge in [0.2, 0.25) is 0 Å². The van der Waals surface area contributed by atoms with Gasteiger partial charge in [-0.1, -0.05) is 0 Å². The molecule has 2 aromatic heterocycles. The summed E-state index contributed by atoms with van der Waals surface area (Å²) in [6, 6.07) is 1.93. The second-order valence-corrected chi connectivity index (χ2v) is 3.16. The van der Waals surface area contributed by atoms with E-state index in [1.54, 1.807) is 4.68 Å². The molecule has 0 saturated carbocycles. The minimum Gasteiger partial charge on any atom is -0.339 e. The van der Waals surface area contributed by atoms with Crippen LogP contribution in [0.15, 0.2) is 18.5 Å². The fourth-order valence-electron chi connectivity index (χ4n) is 1.31. The summed E-state index contributed by atoms with van der Waals surface area (Å²) in [6.45, 7) is 0.792. The number of hydrogen-bond donors (Lipinski definition) is 2. The average molecular weight is 191 g/mol. The van der Waals surface area contributed by atoms with Crippen molar-refractivity contribution in [3.8, 4) is 11.5 Å². The van der Waals surface area contributed by atoms with E-state index in [0.29, 0.717) is 0 Å². The fraction of sp³-hybridized carbons (Fsp3) is 0.333. The van der Waals surface area contributed by atoms with Crippen LogP contribution in [-0.4, -0.2) is 26.8 Å². The van der Waals surface area contributed by atoms with Crippen LogP contribution in [0.25, 0.3) is 11.5 Å². The number of nitrogens with zero attached hydrogens (tertiary/aromatic N) is 3. The van der Waals surface area contributed by atoms with Crippen molar-refractivity contribution in [2.75, 3.05) is 7.05 Å². The van der Waals surface area contributed by atoms with Crippen LogP contribution in [0, 0.1) is 0 Å². The van der Waals surface area contributed by atoms with E-state index >= 15 is 0 Å². The predicted octanol–water partition coefficient (Wildman–Crippen LogP) is 0.530. The van der Waals surface area contributed by atoms with E-state index in [9.17, 15) is 0 Å². The third kappa shape index (κ3) is 1.67. The summed E-state index contributed by atoms with van der Waals surface area (Å²) >= 11 is 0. The van der Waals surface area contributed by atoms with Crippen molar-refractivity contribution in [2.24, 2.45) is 7.05 Å². The molecule has 0 bridgehead atoms. The molecule has 0 aliphatic rings. The number of H-pyrrole nitrogens is 1. The van der Waals surface area contributed by atoms with Crippen LogP contribution in [0.5, 0.6) is 0 Å². The Morgan fingerprint density at radius 3 is 3.07 bits per heavy atom. The van der Waals surface area contributed by atoms with Gasteiger partial charge in [0.15, 0.2) is 5.82 Å². The minimum absolute atomic E-state index is 0.792. The Labute approximate surface area is 82.2 Å². The summed E-state index contributed by atoms with van der Waals surface area (Å²) in [5.41, 5.74) is 1.93. The maximum Gasteiger partial charge on any atom is 0.158 e. The molecule has 2 aromatic rings. The maximum atomic E-state index is 4.26. The molecule has 0 aliphatic carbocycles. The summed E-state index contributed by atoms with van der Waals surface area (Å²) in [4.78, 5) is 7.44.